The highest BCUT2D eigenvalue weighted by Gasteiger charge is 2.01. The van der Waals surface area contributed by atoms with Crippen LogP contribution in [0.1, 0.15) is 5.56 Å². The van der Waals surface area contributed by atoms with Crippen LogP contribution in [0.15, 0.2) is 47.5 Å². The minimum Gasteiger partial charge on any atom is -0.356 e. The fourth-order valence-corrected chi connectivity index (χ4v) is 1.52. The number of hydrogen-bond donors (Lipinski definition) is 0. The average molecular weight is 251 g/mol. The molecule has 1 aromatic carbocycles. The van der Waals surface area contributed by atoms with Crippen LogP contribution < -0.4 is 5.56 Å². The zero-order valence-electron chi connectivity index (χ0n) is 9.04. The van der Waals surface area contributed by atoms with Crippen molar-refractivity contribution in [1.82, 2.24) is 9.55 Å². The van der Waals surface area contributed by atoms with Crippen LogP contribution in [0.2, 0.25) is 5.15 Å². The second-order valence-electron chi connectivity index (χ2n) is 3.46. The van der Waals surface area contributed by atoms with E-state index in [0.29, 0.717) is 6.61 Å². The second kappa shape index (κ2) is 5.61. The first kappa shape index (κ1) is 11.8. The van der Waals surface area contributed by atoms with Gasteiger partial charge in [-0.2, -0.15) is 0 Å². The molecular weight excluding hydrogens is 240 g/mol. The van der Waals surface area contributed by atoms with Gasteiger partial charge in [-0.3, -0.25) is 9.36 Å². The van der Waals surface area contributed by atoms with Gasteiger partial charge in [0.15, 0.2) is 5.15 Å². The van der Waals surface area contributed by atoms with Gasteiger partial charge in [0.25, 0.3) is 5.56 Å². The van der Waals surface area contributed by atoms with Crippen molar-refractivity contribution >= 4 is 11.6 Å². The molecule has 88 valence electrons. The Morgan fingerprint density at radius 2 is 2.06 bits per heavy atom. The lowest BCUT2D eigenvalue weighted by atomic mass is 10.2. The minimum absolute atomic E-state index is 0.0455. The molecule has 0 aliphatic carbocycles. The van der Waals surface area contributed by atoms with E-state index < -0.39 is 0 Å². The van der Waals surface area contributed by atoms with Crippen molar-refractivity contribution in [3.63, 3.8) is 0 Å². The summed E-state index contributed by atoms with van der Waals surface area (Å²) in [4.78, 5) is 15.2. The molecule has 0 fully saturated rings. The SMILES string of the molecule is O=c1c(Cl)nccn1COCc1ccccc1. The molecule has 0 unspecified atom stereocenters. The molecule has 1 heterocycles. The first-order valence-corrected chi connectivity index (χ1v) is 5.48. The summed E-state index contributed by atoms with van der Waals surface area (Å²) in [6.07, 6.45) is 3.01. The largest absolute Gasteiger partial charge is 0.356 e. The number of ether oxygens (including phenoxy) is 1. The van der Waals surface area contributed by atoms with Gasteiger partial charge in [-0.05, 0) is 5.56 Å². The van der Waals surface area contributed by atoms with E-state index in [1.54, 1.807) is 6.20 Å². The fraction of sp³-hybridized carbons (Fsp3) is 0.167. The maximum Gasteiger partial charge on any atom is 0.290 e. The Balaban J connectivity index is 1.95. The average Bonchev–Trinajstić information content (AvgIpc) is 2.36. The van der Waals surface area contributed by atoms with Gasteiger partial charge in [-0.15, -0.1) is 0 Å². The van der Waals surface area contributed by atoms with E-state index >= 15 is 0 Å². The summed E-state index contributed by atoms with van der Waals surface area (Å²) in [5.74, 6) is 0. The van der Waals surface area contributed by atoms with E-state index in [9.17, 15) is 4.79 Å². The van der Waals surface area contributed by atoms with E-state index in [1.165, 1.54) is 10.8 Å². The van der Waals surface area contributed by atoms with Gasteiger partial charge in [0.1, 0.15) is 6.73 Å². The molecule has 0 bridgehead atoms. The monoisotopic (exact) mass is 250 g/mol. The van der Waals surface area contributed by atoms with Crippen molar-refractivity contribution in [2.45, 2.75) is 13.3 Å². The van der Waals surface area contributed by atoms with E-state index in [-0.39, 0.29) is 17.4 Å². The van der Waals surface area contributed by atoms with Crippen molar-refractivity contribution in [3.05, 3.63) is 63.8 Å². The highest BCUT2D eigenvalue weighted by atomic mass is 35.5. The normalized spacial score (nSPS) is 10.4. The van der Waals surface area contributed by atoms with Gasteiger partial charge in [0.05, 0.1) is 6.61 Å². The minimum atomic E-state index is -0.345. The number of hydrogen-bond acceptors (Lipinski definition) is 3. The summed E-state index contributed by atoms with van der Waals surface area (Å²) in [5, 5.41) is -0.0455. The zero-order chi connectivity index (χ0) is 12.1. The van der Waals surface area contributed by atoms with E-state index in [2.05, 4.69) is 4.98 Å². The van der Waals surface area contributed by atoms with Crippen LogP contribution in [0, 0.1) is 0 Å². The standard InChI is InChI=1S/C12H11ClN2O2/c13-11-12(16)15(7-6-14-11)9-17-8-10-4-2-1-3-5-10/h1-7H,8-9H2. The van der Waals surface area contributed by atoms with Crippen LogP contribution in [0.3, 0.4) is 0 Å². The molecule has 5 heteroatoms. The molecule has 1 aromatic heterocycles. The summed E-state index contributed by atoms with van der Waals surface area (Å²) in [5.41, 5.74) is 0.711. The topological polar surface area (TPSA) is 44.1 Å². The number of aromatic nitrogens is 2. The number of rotatable bonds is 4. The summed E-state index contributed by atoms with van der Waals surface area (Å²) in [7, 11) is 0. The van der Waals surface area contributed by atoms with Crippen LogP contribution >= 0.6 is 11.6 Å². The second-order valence-corrected chi connectivity index (χ2v) is 3.81. The molecule has 0 saturated carbocycles. The Kier molecular flexibility index (Phi) is 3.90. The lowest BCUT2D eigenvalue weighted by molar-refractivity contribution is 0.0616. The van der Waals surface area contributed by atoms with Crippen molar-refractivity contribution in [2.24, 2.45) is 0 Å². The Bertz CT molecular complexity index is 540. The number of benzene rings is 1. The smallest absolute Gasteiger partial charge is 0.290 e. The van der Waals surface area contributed by atoms with Gasteiger partial charge >= 0.3 is 0 Å². The van der Waals surface area contributed by atoms with Gasteiger partial charge in [0, 0.05) is 12.4 Å². The molecule has 0 spiro atoms. The summed E-state index contributed by atoms with van der Waals surface area (Å²) in [6.45, 7) is 0.614. The molecule has 17 heavy (non-hydrogen) atoms. The van der Waals surface area contributed by atoms with Gasteiger partial charge in [-0.1, -0.05) is 41.9 Å². The van der Waals surface area contributed by atoms with Gasteiger partial charge in [0.2, 0.25) is 0 Å². The lowest BCUT2D eigenvalue weighted by Crippen LogP contribution is -2.21. The quantitative estimate of drug-likeness (QED) is 0.834. The summed E-state index contributed by atoms with van der Waals surface area (Å²) in [6, 6.07) is 9.74. The van der Waals surface area contributed by atoms with Crippen molar-refractivity contribution in [2.75, 3.05) is 0 Å². The fourth-order valence-electron chi connectivity index (χ4n) is 1.36. The van der Waals surface area contributed by atoms with Crippen molar-refractivity contribution in [3.8, 4) is 0 Å². The Hall–Kier alpha value is -1.65. The van der Waals surface area contributed by atoms with Crippen LogP contribution in [0.5, 0.6) is 0 Å². The molecule has 0 aliphatic rings. The van der Waals surface area contributed by atoms with E-state index in [4.69, 9.17) is 16.3 Å². The highest BCUT2D eigenvalue weighted by molar-refractivity contribution is 6.29. The third-order valence-corrected chi connectivity index (χ3v) is 2.47. The molecule has 0 radical (unpaired) electrons. The van der Waals surface area contributed by atoms with E-state index in [0.717, 1.165) is 5.56 Å². The van der Waals surface area contributed by atoms with Crippen LogP contribution in [0.25, 0.3) is 0 Å². The molecular formula is C12H11ClN2O2. The predicted octanol–water partition coefficient (Wildman–Crippen LogP) is 2.07. The third-order valence-electron chi connectivity index (χ3n) is 2.21. The number of halogens is 1. The highest BCUT2D eigenvalue weighted by Crippen LogP contribution is 2.01. The summed E-state index contributed by atoms with van der Waals surface area (Å²) < 4.78 is 6.79. The molecule has 0 aliphatic heterocycles. The van der Waals surface area contributed by atoms with Gasteiger partial charge < -0.3 is 4.74 Å². The molecule has 0 atom stereocenters. The van der Waals surface area contributed by atoms with Crippen molar-refractivity contribution < 1.29 is 4.74 Å². The first-order valence-electron chi connectivity index (χ1n) is 5.10. The molecule has 0 N–H and O–H groups in total. The maximum absolute atomic E-state index is 11.5. The van der Waals surface area contributed by atoms with E-state index in [1.807, 2.05) is 30.3 Å². The number of nitrogens with zero attached hydrogens (tertiary/aromatic N) is 2. The summed E-state index contributed by atoms with van der Waals surface area (Å²) >= 11 is 5.61. The molecule has 0 saturated heterocycles. The molecule has 4 nitrogen and oxygen atoms in total. The van der Waals surface area contributed by atoms with Crippen molar-refractivity contribution in [1.29, 1.82) is 0 Å². The predicted molar refractivity (Wildman–Crippen MR) is 64.7 cm³/mol. The van der Waals surface area contributed by atoms with Crippen LogP contribution in [0.4, 0.5) is 0 Å². The Morgan fingerprint density at radius 3 is 2.82 bits per heavy atom. The van der Waals surface area contributed by atoms with Crippen LogP contribution in [-0.4, -0.2) is 9.55 Å². The molecule has 0 amide bonds. The third kappa shape index (κ3) is 3.15. The zero-order valence-corrected chi connectivity index (χ0v) is 9.80. The maximum atomic E-state index is 11.5. The van der Waals surface area contributed by atoms with Crippen LogP contribution in [-0.2, 0) is 18.1 Å². The Morgan fingerprint density at radius 1 is 1.29 bits per heavy atom. The molecule has 2 rings (SSSR count). The van der Waals surface area contributed by atoms with Gasteiger partial charge in [-0.25, -0.2) is 4.98 Å². The first-order chi connectivity index (χ1) is 8.27. The molecule has 2 aromatic rings. The Labute approximate surface area is 103 Å². The lowest BCUT2D eigenvalue weighted by Gasteiger charge is -2.06.